The molecule has 0 radical (unpaired) electrons. The number of aromatic nitrogens is 1. The number of H-pyrrole nitrogens is 1. The fourth-order valence-electron chi connectivity index (χ4n) is 3.53. The highest BCUT2D eigenvalue weighted by atomic mass is 19.1. The van der Waals surface area contributed by atoms with Crippen LogP contribution in [0.3, 0.4) is 0 Å². The van der Waals surface area contributed by atoms with Gasteiger partial charge in [0.2, 0.25) is 0 Å². The maximum atomic E-state index is 14.1. The predicted molar refractivity (Wildman–Crippen MR) is 87.9 cm³/mol. The van der Waals surface area contributed by atoms with Crippen molar-refractivity contribution in [1.29, 1.82) is 0 Å². The van der Waals surface area contributed by atoms with Gasteiger partial charge in [-0.25, -0.2) is 17.6 Å². The maximum absolute atomic E-state index is 14.1. The van der Waals surface area contributed by atoms with Crippen molar-refractivity contribution in [3.8, 4) is 11.3 Å². The number of nitrogens with one attached hydrogen (secondary N) is 1. The molecule has 2 aromatic carbocycles. The van der Waals surface area contributed by atoms with Crippen LogP contribution in [0.4, 0.5) is 17.6 Å². The zero-order chi connectivity index (χ0) is 18.4. The first-order chi connectivity index (χ1) is 12.5. The third kappa shape index (κ3) is 2.53. The van der Waals surface area contributed by atoms with Crippen LogP contribution >= 0.6 is 0 Å². The van der Waals surface area contributed by atoms with Gasteiger partial charge in [0.25, 0.3) is 0 Å². The van der Waals surface area contributed by atoms with Gasteiger partial charge in [0.15, 0.2) is 5.78 Å². The van der Waals surface area contributed by atoms with Gasteiger partial charge < -0.3 is 4.98 Å². The number of carbonyl (C=O) groups excluding carboxylic acids is 1. The molecule has 1 unspecified atom stereocenters. The van der Waals surface area contributed by atoms with Crippen molar-refractivity contribution in [3.05, 3.63) is 82.6 Å². The van der Waals surface area contributed by atoms with Crippen LogP contribution in [-0.2, 0) is 6.42 Å². The Labute approximate surface area is 146 Å². The summed E-state index contributed by atoms with van der Waals surface area (Å²) in [4.78, 5) is 15.7. The van der Waals surface area contributed by atoms with Crippen LogP contribution in [0.25, 0.3) is 11.3 Å². The van der Waals surface area contributed by atoms with Gasteiger partial charge in [-0.2, -0.15) is 0 Å². The molecule has 1 aliphatic rings. The summed E-state index contributed by atoms with van der Waals surface area (Å²) in [5, 5.41) is 0. The molecular formula is C20H13F4NO. The summed E-state index contributed by atoms with van der Waals surface area (Å²) in [6.45, 7) is 0. The summed E-state index contributed by atoms with van der Waals surface area (Å²) < 4.78 is 56.1. The highest BCUT2D eigenvalue weighted by Crippen LogP contribution is 2.37. The minimum atomic E-state index is -0.960. The predicted octanol–water partition coefficient (Wildman–Crippen LogP) is 5.15. The van der Waals surface area contributed by atoms with Gasteiger partial charge in [-0.15, -0.1) is 0 Å². The summed E-state index contributed by atoms with van der Waals surface area (Å²) in [6.07, 6.45) is 0.555. The molecule has 1 aliphatic carbocycles. The van der Waals surface area contributed by atoms with E-state index in [4.69, 9.17) is 0 Å². The summed E-state index contributed by atoms with van der Waals surface area (Å²) in [6, 6.07) is 8.30. The first kappa shape index (κ1) is 16.6. The molecule has 1 heterocycles. The van der Waals surface area contributed by atoms with Gasteiger partial charge in [0.1, 0.15) is 23.3 Å². The molecular weight excluding hydrogens is 346 g/mol. The third-order valence-corrected chi connectivity index (χ3v) is 4.74. The van der Waals surface area contributed by atoms with Gasteiger partial charge >= 0.3 is 0 Å². The average Bonchev–Trinajstić information content (AvgIpc) is 3.01. The number of halogens is 4. The lowest BCUT2D eigenvalue weighted by atomic mass is 9.81. The van der Waals surface area contributed by atoms with Crippen molar-refractivity contribution in [2.75, 3.05) is 0 Å². The van der Waals surface area contributed by atoms with Gasteiger partial charge in [-0.05, 0) is 43.2 Å². The second-order valence-corrected chi connectivity index (χ2v) is 6.26. The van der Waals surface area contributed by atoms with Crippen LogP contribution < -0.4 is 0 Å². The van der Waals surface area contributed by atoms with Crippen LogP contribution in [0.1, 0.15) is 34.0 Å². The maximum Gasteiger partial charge on any atom is 0.172 e. The molecule has 4 rings (SSSR count). The van der Waals surface area contributed by atoms with Gasteiger partial charge in [0.05, 0.1) is 17.2 Å². The zero-order valence-electron chi connectivity index (χ0n) is 13.5. The monoisotopic (exact) mass is 359 g/mol. The first-order valence-corrected chi connectivity index (χ1v) is 8.11. The number of aryl methyl sites for hydroxylation is 1. The second-order valence-electron chi connectivity index (χ2n) is 6.26. The molecule has 1 aromatic heterocycles. The fourth-order valence-corrected chi connectivity index (χ4v) is 3.53. The fraction of sp³-hybridized carbons (Fsp3) is 0.150. The third-order valence-electron chi connectivity index (χ3n) is 4.74. The van der Waals surface area contributed by atoms with E-state index < -0.39 is 35.0 Å². The molecule has 0 amide bonds. The van der Waals surface area contributed by atoms with E-state index in [2.05, 4.69) is 4.98 Å². The normalized spacial score (nSPS) is 16.6. The Morgan fingerprint density at radius 2 is 1.46 bits per heavy atom. The Kier molecular flexibility index (Phi) is 3.90. The lowest BCUT2D eigenvalue weighted by Crippen LogP contribution is -2.22. The quantitative estimate of drug-likeness (QED) is 0.631. The highest BCUT2D eigenvalue weighted by Gasteiger charge is 2.34. The Balaban J connectivity index is 1.78. The van der Waals surface area contributed by atoms with Crippen molar-refractivity contribution >= 4 is 5.78 Å². The largest absolute Gasteiger partial charge is 0.358 e. The van der Waals surface area contributed by atoms with Gasteiger partial charge in [0, 0.05) is 16.8 Å². The number of fused-ring (bicyclic) bond motifs is 1. The van der Waals surface area contributed by atoms with E-state index in [9.17, 15) is 22.4 Å². The number of ketones is 1. The van der Waals surface area contributed by atoms with E-state index in [1.165, 1.54) is 18.2 Å². The van der Waals surface area contributed by atoms with Crippen LogP contribution in [0.2, 0.25) is 0 Å². The van der Waals surface area contributed by atoms with Crippen LogP contribution in [-0.4, -0.2) is 10.8 Å². The molecule has 0 bridgehead atoms. The van der Waals surface area contributed by atoms with E-state index in [0.29, 0.717) is 12.1 Å². The van der Waals surface area contributed by atoms with Crippen molar-refractivity contribution in [2.45, 2.75) is 18.8 Å². The number of Topliss-reactive ketones (excluding diaryl/α,β-unsaturated/α-hetero) is 1. The van der Waals surface area contributed by atoms with Crippen molar-refractivity contribution < 1.29 is 22.4 Å². The minimum absolute atomic E-state index is 0.133. The average molecular weight is 359 g/mol. The minimum Gasteiger partial charge on any atom is -0.358 e. The number of benzene rings is 2. The summed E-state index contributed by atoms with van der Waals surface area (Å²) in [5.41, 5.74) is 0.335. The molecule has 0 saturated heterocycles. The molecule has 0 aliphatic heterocycles. The van der Waals surface area contributed by atoms with Gasteiger partial charge in [-0.3, -0.25) is 4.79 Å². The Bertz CT molecular complexity index is 984. The second kappa shape index (κ2) is 6.12. The first-order valence-electron chi connectivity index (χ1n) is 8.11. The van der Waals surface area contributed by atoms with Crippen LogP contribution in [0, 0.1) is 23.3 Å². The standard InChI is InChI=1S/C20H13F4NO/c21-12-3-1-4-13(22)18(12)10-7-8-16-11(20(10)26)9-17(25-16)19-14(23)5-2-6-15(19)24/h1-6,9-10,25H,7-8H2. The van der Waals surface area contributed by atoms with Crippen molar-refractivity contribution in [2.24, 2.45) is 0 Å². The number of hydrogen-bond donors (Lipinski definition) is 1. The highest BCUT2D eigenvalue weighted by molar-refractivity contribution is 6.04. The summed E-state index contributed by atoms with van der Waals surface area (Å²) in [5.74, 6) is -4.49. The number of hydrogen-bond acceptors (Lipinski definition) is 1. The molecule has 26 heavy (non-hydrogen) atoms. The molecule has 132 valence electrons. The van der Waals surface area contributed by atoms with Crippen LogP contribution in [0.5, 0.6) is 0 Å². The van der Waals surface area contributed by atoms with E-state index >= 15 is 0 Å². The molecule has 1 atom stereocenters. The van der Waals surface area contributed by atoms with E-state index in [1.807, 2.05) is 0 Å². The molecule has 2 nitrogen and oxygen atoms in total. The summed E-state index contributed by atoms with van der Waals surface area (Å²) in [7, 11) is 0. The molecule has 6 heteroatoms. The van der Waals surface area contributed by atoms with Crippen molar-refractivity contribution in [3.63, 3.8) is 0 Å². The van der Waals surface area contributed by atoms with E-state index in [-0.39, 0.29) is 28.8 Å². The zero-order valence-corrected chi connectivity index (χ0v) is 13.5. The van der Waals surface area contributed by atoms with E-state index in [1.54, 1.807) is 0 Å². The topological polar surface area (TPSA) is 32.9 Å². The molecule has 0 saturated carbocycles. The Morgan fingerprint density at radius 1 is 0.885 bits per heavy atom. The van der Waals surface area contributed by atoms with Crippen LogP contribution in [0.15, 0.2) is 42.5 Å². The molecule has 3 aromatic rings. The van der Waals surface area contributed by atoms with Crippen molar-refractivity contribution in [1.82, 2.24) is 4.98 Å². The Hall–Kier alpha value is -2.89. The lowest BCUT2D eigenvalue weighted by Gasteiger charge is -2.22. The molecule has 1 N–H and O–H groups in total. The molecule has 0 spiro atoms. The number of rotatable bonds is 2. The smallest absolute Gasteiger partial charge is 0.172 e. The number of aromatic amines is 1. The molecule has 0 fully saturated rings. The van der Waals surface area contributed by atoms with E-state index in [0.717, 1.165) is 24.3 Å². The lowest BCUT2D eigenvalue weighted by molar-refractivity contribution is 0.0942. The summed E-state index contributed by atoms with van der Waals surface area (Å²) >= 11 is 0. The SMILES string of the molecule is O=C1c2cc(-c3c(F)cccc3F)[nH]c2CCC1c1c(F)cccc1F. The van der Waals surface area contributed by atoms with Gasteiger partial charge in [-0.1, -0.05) is 12.1 Å². The number of carbonyl (C=O) groups is 1. The Morgan fingerprint density at radius 3 is 2.08 bits per heavy atom.